The maximum absolute atomic E-state index is 12.7. The van der Waals surface area contributed by atoms with Crippen molar-refractivity contribution in [2.24, 2.45) is 10.9 Å². The van der Waals surface area contributed by atoms with E-state index in [1.54, 1.807) is 21.3 Å². The lowest BCUT2D eigenvalue weighted by molar-refractivity contribution is -0.141. The number of aliphatic imine (C=N–C) groups is 1. The van der Waals surface area contributed by atoms with Crippen molar-refractivity contribution in [1.29, 1.82) is 0 Å². The van der Waals surface area contributed by atoms with Gasteiger partial charge in [-0.1, -0.05) is 0 Å². The molecule has 2 aliphatic rings. The first-order chi connectivity index (χ1) is 14.2. The summed E-state index contributed by atoms with van der Waals surface area (Å²) in [5, 5.41) is 11.2. The zero-order chi connectivity index (χ0) is 20.1. The van der Waals surface area contributed by atoms with Gasteiger partial charge in [0.05, 0.1) is 32.7 Å². The predicted molar refractivity (Wildman–Crippen MR) is 103 cm³/mol. The topological polar surface area (TPSA) is 108 Å². The summed E-state index contributed by atoms with van der Waals surface area (Å²) in [5.74, 6) is 0.255. The minimum absolute atomic E-state index is 0.181. The van der Waals surface area contributed by atoms with Crippen LogP contribution in [0.5, 0.6) is 17.2 Å². The zero-order valence-electron chi connectivity index (χ0n) is 16.1. The maximum atomic E-state index is 12.7. The highest BCUT2D eigenvalue weighted by molar-refractivity contribution is 6.12. The fourth-order valence-corrected chi connectivity index (χ4v) is 4.18. The normalized spacial score (nSPS) is 20.0. The molecule has 1 fully saturated rings. The molecule has 0 bridgehead atoms. The van der Waals surface area contributed by atoms with E-state index >= 15 is 0 Å². The number of hydrogen-bond donors (Lipinski definition) is 1. The molecule has 0 aliphatic carbocycles. The second-order valence-corrected chi connectivity index (χ2v) is 6.81. The number of ether oxygens (including phenoxy) is 4. The molecule has 5 rings (SSSR count). The lowest BCUT2D eigenvalue weighted by atomic mass is 9.76. The largest absolute Gasteiger partial charge is 0.493 e. The van der Waals surface area contributed by atoms with Crippen LogP contribution in [0.1, 0.15) is 17.0 Å². The molecule has 1 saturated heterocycles. The molecular weight excluding hydrogens is 376 g/mol. The van der Waals surface area contributed by atoms with Crippen LogP contribution >= 0.6 is 0 Å². The average molecular weight is 394 g/mol. The zero-order valence-corrected chi connectivity index (χ0v) is 16.1. The van der Waals surface area contributed by atoms with Crippen LogP contribution in [-0.4, -0.2) is 55.0 Å². The van der Waals surface area contributed by atoms with Crippen molar-refractivity contribution in [3.8, 4) is 17.2 Å². The number of cyclic esters (lactones) is 1. The average Bonchev–Trinajstić information content (AvgIpc) is 3.37. The third-order valence-corrected chi connectivity index (χ3v) is 5.43. The number of benzene rings is 2. The number of hydrogen-bond acceptors (Lipinski definition) is 8. The van der Waals surface area contributed by atoms with E-state index in [4.69, 9.17) is 18.9 Å². The van der Waals surface area contributed by atoms with Crippen molar-refractivity contribution >= 4 is 28.4 Å². The highest BCUT2D eigenvalue weighted by Gasteiger charge is 2.46. The maximum Gasteiger partial charge on any atom is 0.316 e. The summed E-state index contributed by atoms with van der Waals surface area (Å²) < 4.78 is 21.8. The second kappa shape index (κ2) is 6.47. The minimum Gasteiger partial charge on any atom is -0.493 e. The van der Waals surface area contributed by atoms with Crippen molar-refractivity contribution in [1.82, 2.24) is 15.4 Å². The van der Waals surface area contributed by atoms with Gasteiger partial charge in [-0.2, -0.15) is 15.4 Å². The van der Waals surface area contributed by atoms with Crippen molar-refractivity contribution in [3.05, 3.63) is 35.4 Å². The predicted octanol–water partition coefficient (Wildman–Crippen LogP) is 2.37. The van der Waals surface area contributed by atoms with Crippen molar-refractivity contribution in [3.63, 3.8) is 0 Å². The van der Waals surface area contributed by atoms with Crippen LogP contribution in [0.25, 0.3) is 11.0 Å². The van der Waals surface area contributed by atoms with E-state index in [9.17, 15) is 4.79 Å². The molecule has 0 radical (unpaired) electrons. The summed E-state index contributed by atoms with van der Waals surface area (Å²) in [4.78, 5) is 17.4. The summed E-state index contributed by atoms with van der Waals surface area (Å²) in [6, 6.07) is 7.44. The molecule has 0 saturated carbocycles. The van der Waals surface area contributed by atoms with Crippen LogP contribution in [0.15, 0.2) is 29.3 Å². The minimum atomic E-state index is -0.549. The Bertz CT molecular complexity index is 1140. The summed E-state index contributed by atoms with van der Waals surface area (Å²) >= 11 is 0. The lowest BCUT2D eigenvalue weighted by Gasteiger charge is -2.28. The van der Waals surface area contributed by atoms with Gasteiger partial charge in [0.1, 0.15) is 23.6 Å². The van der Waals surface area contributed by atoms with Gasteiger partial charge in [-0.05, 0) is 29.8 Å². The summed E-state index contributed by atoms with van der Waals surface area (Å²) in [5.41, 5.74) is 4.44. The van der Waals surface area contributed by atoms with E-state index in [0.717, 1.165) is 16.8 Å². The third kappa shape index (κ3) is 2.47. The molecule has 1 aromatic heterocycles. The van der Waals surface area contributed by atoms with E-state index in [1.165, 1.54) is 0 Å². The van der Waals surface area contributed by atoms with Crippen LogP contribution in [-0.2, 0) is 9.53 Å². The Morgan fingerprint density at radius 1 is 1.03 bits per heavy atom. The molecule has 9 nitrogen and oxygen atoms in total. The highest BCUT2D eigenvalue weighted by Crippen LogP contribution is 2.50. The number of aromatic nitrogens is 3. The van der Waals surface area contributed by atoms with Gasteiger partial charge in [0.2, 0.25) is 5.75 Å². The van der Waals surface area contributed by atoms with Gasteiger partial charge >= 0.3 is 5.97 Å². The van der Waals surface area contributed by atoms with E-state index in [-0.39, 0.29) is 18.5 Å². The molecule has 3 heterocycles. The van der Waals surface area contributed by atoms with Crippen LogP contribution in [0, 0.1) is 5.92 Å². The van der Waals surface area contributed by atoms with Gasteiger partial charge in [-0.15, -0.1) is 0 Å². The molecule has 148 valence electrons. The number of H-pyrrole nitrogens is 1. The first-order valence-electron chi connectivity index (χ1n) is 9.03. The van der Waals surface area contributed by atoms with Gasteiger partial charge in [0.15, 0.2) is 11.5 Å². The fraction of sp³-hybridized carbons (Fsp3) is 0.300. The Kier molecular flexibility index (Phi) is 3.90. The summed E-state index contributed by atoms with van der Waals surface area (Å²) in [6.07, 6.45) is 0. The Morgan fingerprint density at radius 2 is 1.79 bits per heavy atom. The smallest absolute Gasteiger partial charge is 0.316 e. The van der Waals surface area contributed by atoms with Crippen LogP contribution < -0.4 is 14.2 Å². The van der Waals surface area contributed by atoms with Crippen LogP contribution in [0.4, 0.5) is 5.69 Å². The third-order valence-electron chi connectivity index (χ3n) is 5.43. The van der Waals surface area contributed by atoms with Gasteiger partial charge in [0.25, 0.3) is 0 Å². The van der Waals surface area contributed by atoms with Crippen LogP contribution in [0.3, 0.4) is 0 Å². The standard InChI is InChI=1S/C20H18N4O5/c1-26-13-6-9(7-14(27-2)19(13)28-3)15-16-10(4-5-11-18(16)23-24-22-11)21-12-8-29-20(25)17(12)15/h4-7,15,17H,8H2,1-3H3,(H,22,23,24). The fourth-order valence-electron chi connectivity index (χ4n) is 4.18. The molecule has 2 unspecified atom stereocenters. The molecule has 2 aliphatic heterocycles. The Labute approximate surface area is 165 Å². The summed E-state index contributed by atoms with van der Waals surface area (Å²) in [6.45, 7) is 0.181. The van der Waals surface area contributed by atoms with Crippen molar-refractivity contribution in [2.45, 2.75) is 5.92 Å². The number of nitrogens with one attached hydrogen (secondary N) is 1. The van der Waals surface area contributed by atoms with E-state index in [1.807, 2.05) is 24.3 Å². The SMILES string of the molecule is COc1cc(C2c3c(ccc4n[nH]nc34)N=C3COC(=O)C32)cc(OC)c1OC. The first-order valence-corrected chi connectivity index (χ1v) is 9.03. The molecule has 0 amide bonds. The van der Waals surface area contributed by atoms with Crippen molar-refractivity contribution < 1.29 is 23.7 Å². The van der Waals surface area contributed by atoms with Gasteiger partial charge in [0, 0.05) is 11.5 Å². The van der Waals surface area contributed by atoms with Gasteiger partial charge in [-0.3, -0.25) is 9.79 Å². The molecule has 3 aromatic rings. The number of esters is 1. The molecule has 2 atom stereocenters. The molecule has 9 heteroatoms. The number of nitrogens with zero attached hydrogens (tertiary/aromatic N) is 3. The number of fused-ring (bicyclic) bond motifs is 4. The monoisotopic (exact) mass is 394 g/mol. The Balaban J connectivity index is 1.81. The van der Waals surface area contributed by atoms with Gasteiger partial charge in [-0.25, -0.2) is 0 Å². The molecule has 1 N–H and O–H groups in total. The highest BCUT2D eigenvalue weighted by atomic mass is 16.5. The lowest BCUT2D eigenvalue weighted by Crippen LogP contribution is -2.28. The Hall–Kier alpha value is -3.62. The van der Waals surface area contributed by atoms with Crippen LogP contribution in [0.2, 0.25) is 0 Å². The number of carbonyl (C=O) groups is 1. The molecular formula is C20H18N4O5. The number of carbonyl (C=O) groups excluding carboxylic acids is 1. The van der Waals surface area contributed by atoms with E-state index in [2.05, 4.69) is 20.4 Å². The quantitative estimate of drug-likeness (QED) is 0.677. The molecule has 2 aromatic carbocycles. The van der Waals surface area contributed by atoms with E-state index < -0.39 is 5.92 Å². The number of aromatic amines is 1. The van der Waals surface area contributed by atoms with Crippen molar-refractivity contribution in [2.75, 3.05) is 27.9 Å². The summed E-state index contributed by atoms with van der Waals surface area (Å²) in [7, 11) is 4.67. The van der Waals surface area contributed by atoms with Gasteiger partial charge < -0.3 is 18.9 Å². The van der Waals surface area contributed by atoms with E-state index in [0.29, 0.717) is 34.0 Å². The first kappa shape index (κ1) is 17.5. The molecule has 29 heavy (non-hydrogen) atoms. The second-order valence-electron chi connectivity index (χ2n) is 6.81. The molecule has 0 spiro atoms. The Morgan fingerprint density at radius 3 is 2.48 bits per heavy atom. The number of methoxy groups -OCH3 is 3. The number of rotatable bonds is 4.